The third kappa shape index (κ3) is 3.17. The van der Waals surface area contributed by atoms with E-state index in [1.165, 1.54) is 6.08 Å². The van der Waals surface area contributed by atoms with Crippen molar-refractivity contribution in [3.05, 3.63) is 76.5 Å². The Morgan fingerprint density at radius 1 is 1.21 bits per heavy atom. The molecule has 2 aromatic carbocycles. The van der Waals surface area contributed by atoms with Gasteiger partial charge in [0, 0.05) is 34.2 Å². The summed E-state index contributed by atoms with van der Waals surface area (Å²) in [5.41, 5.74) is 8.07. The summed E-state index contributed by atoms with van der Waals surface area (Å²) in [5, 5.41) is 10.7. The molecule has 0 bridgehead atoms. The molecule has 0 unspecified atom stereocenters. The molecule has 0 aliphatic carbocycles. The molecular formula is C19H14ClN3O. The summed E-state index contributed by atoms with van der Waals surface area (Å²) in [5.74, 6) is -0.730. The molecule has 5 heteroatoms. The Labute approximate surface area is 144 Å². The fraction of sp³-hybridized carbons (Fsp3) is 0.0526. The topological polar surface area (TPSA) is 71.8 Å². The summed E-state index contributed by atoms with van der Waals surface area (Å²) in [4.78, 5) is 11.3. The minimum absolute atomic E-state index is 0.0654. The van der Waals surface area contributed by atoms with Gasteiger partial charge in [0.2, 0.25) is 0 Å². The van der Waals surface area contributed by atoms with Crippen LogP contribution in [0.5, 0.6) is 0 Å². The van der Waals surface area contributed by atoms with Crippen LogP contribution in [0.3, 0.4) is 0 Å². The summed E-state index contributed by atoms with van der Waals surface area (Å²) in [6, 6.07) is 17.3. The number of halogens is 1. The van der Waals surface area contributed by atoms with Gasteiger partial charge < -0.3 is 10.3 Å². The smallest absolute Gasteiger partial charge is 0.259 e. The third-order valence-corrected chi connectivity index (χ3v) is 4.02. The third-order valence-electron chi connectivity index (χ3n) is 3.77. The van der Waals surface area contributed by atoms with E-state index in [0.29, 0.717) is 11.6 Å². The Balaban J connectivity index is 2.08. The molecule has 0 aliphatic rings. The van der Waals surface area contributed by atoms with E-state index in [1.54, 1.807) is 0 Å². The Bertz CT molecular complexity index is 978. The van der Waals surface area contributed by atoms with Crippen LogP contribution in [-0.4, -0.2) is 10.5 Å². The molecule has 3 aromatic rings. The average Bonchev–Trinajstić information content (AvgIpc) is 2.92. The zero-order valence-corrected chi connectivity index (χ0v) is 13.5. The highest BCUT2D eigenvalue weighted by Gasteiger charge is 2.10. The Morgan fingerprint density at radius 2 is 1.92 bits per heavy atom. The summed E-state index contributed by atoms with van der Waals surface area (Å²) < 4.78 is 2.07. The van der Waals surface area contributed by atoms with E-state index >= 15 is 0 Å². The summed E-state index contributed by atoms with van der Waals surface area (Å²) >= 11 is 5.93. The number of hydrogen-bond acceptors (Lipinski definition) is 2. The van der Waals surface area contributed by atoms with Crippen molar-refractivity contribution in [2.75, 3.05) is 0 Å². The van der Waals surface area contributed by atoms with Gasteiger partial charge in [0.05, 0.1) is 0 Å². The Morgan fingerprint density at radius 3 is 2.58 bits per heavy atom. The lowest BCUT2D eigenvalue weighted by molar-refractivity contribution is -0.114. The second-order valence-electron chi connectivity index (χ2n) is 5.39. The van der Waals surface area contributed by atoms with Crippen LogP contribution in [-0.2, 0) is 11.3 Å². The number of nitriles is 1. The van der Waals surface area contributed by atoms with Crippen LogP contribution in [0.4, 0.5) is 0 Å². The monoisotopic (exact) mass is 335 g/mol. The number of carbonyl (C=O) groups excluding carboxylic acids is 1. The molecule has 1 heterocycles. The first-order valence-corrected chi connectivity index (χ1v) is 7.70. The number of amides is 1. The standard InChI is InChI=1S/C19H14ClN3O/c20-16-7-5-13(6-8-16)11-23-12-15(9-14(10-21)19(22)24)17-3-1-2-4-18(17)23/h1-9,12H,11H2,(H2,22,24)/b14-9+. The quantitative estimate of drug-likeness (QED) is 0.582. The van der Waals surface area contributed by atoms with Gasteiger partial charge >= 0.3 is 0 Å². The van der Waals surface area contributed by atoms with Crippen molar-refractivity contribution in [2.45, 2.75) is 6.54 Å². The van der Waals surface area contributed by atoms with Crippen molar-refractivity contribution in [1.82, 2.24) is 4.57 Å². The largest absolute Gasteiger partial charge is 0.365 e. The number of rotatable bonds is 4. The number of fused-ring (bicyclic) bond motifs is 1. The summed E-state index contributed by atoms with van der Waals surface area (Å²) in [6.07, 6.45) is 3.45. The van der Waals surface area contributed by atoms with Crippen molar-refractivity contribution in [3.63, 3.8) is 0 Å². The normalized spacial score (nSPS) is 11.4. The van der Waals surface area contributed by atoms with Crippen LogP contribution in [0.25, 0.3) is 17.0 Å². The maximum absolute atomic E-state index is 11.3. The maximum atomic E-state index is 11.3. The maximum Gasteiger partial charge on any atom is 0.259 e. The van der Waals surface area contributed by atoms with Gasteiger partial charge in [0.25, 0.3) is 5.91 Å². The molecular weight excluding hydrogens is 322 g/mol. The molecule has 0 fully saturated rings. The predicted molar refractivity (Wildman–Crippen MR) is 95.3 cm³/mol. The SMILES string of the molecule is N#C/C(=C\c1cn(Cc2ccc(Cl)cc2)c2ccccc12)C(N)=O. The second kappa shape index (κ2) is 6.61. The van der Waals surface area contributed by atoms with Gasteiger partial charge in [0.15, 0.2) is 0 Å². The number of carbonyl (C=O) groups is 1. The van der Waals surface area contributed by atoms with Gasteiger partial charge in [-0.1, -0.05) is 41.9 Å². The number of benzene rings is 2. The fourth-order valence-electron chi connectivity index (χ4n) is 2.62. The summed E-state index contributed by atoms with van der Waals surface area (Å²) in [7, 11) is 0. The molecule has 3 rings (SSSR count). The van der Waals surface area contributed by atoms with Crippen LogP contribution in [0.15, 0.2) is 60.3 Å². The van der Waals surface area contributed by atoms with Gasteiger partial charge in [-0.05, 0) is 29.8 Å². The summed E-state index contributed by atoms with van der Waals surface area (Å²) in [6.45, 7) is 0.657. The first-order valence-electron chi connectivity index (χ1n) is 7.32. The minimum Gasteiger partial charge on any atom is -0.365 e. The van der Waals surface area contributed by atoms with Crippen LogP contribution in [0, 0.1) is 11.3 Å². The lowest BCUT2D eigenvalue weighted by Gasteiger charge is -2.05. The molecule has 24 heavy (non-hydrogen) atoms. The second-order valence-corrected chi connectivity index (χ2v) is 5.83. The van der Waals surface area contributed by atoms with Crippen molar-refractivity contribution < 1.29 is 4.79 Å². The molecule has 0 aliphatic heterocycles. The van der Waals surface area contributed by atoms with E-state index in [9.17, 15) is 4.79 Å². The molecule has 0 saturated carbocycles. The van der Waals surface area contributed by atoms with E-state index in [4.69, 9.17) is 22.6 Å². The predicted octanol–water partition coefficient (Wildman–Crippen LogP) is 3.74. The van der Waals surface area contributed by atoms with Gasteiger partial charge in [-0.15, -0.1) is 0 Å². The molecule has 118 valence electrons. The van der Waals surface area contributed by atoms with Gasteiger partial charge in [0.1, 0.15) is 11.6 Å². The lowest BCUT2D eigenvalue weighted by Crippen LogP contribution is -2.12. The molecule has 4 nitrogen and oxygen atoms in total. The van der Waals surface area contributed by atoms with Gasteiger partial charge in [-0.25, -0.2) is 0 Å². The Kier molecular flexibility index (Phi) is 4.37. The molecule has 0 atom stereocenters. The number of primary amides is 1. The van der Waals surface area contributed by atoms with Crippen LogP contribution >= 0.6 is 11.6 Å². The van der Waals surface area contributed by atoms with Crippen LogP contribution in [0.2, 0.25) is 5.02 Å². The number of para-hydroxylation sites is 1. The number of nitrogens with two attached hydrogens (primary N) is 1. The molecule has 1 amide bonds. The highest BCUT2D eigenvalue weighted by Crippen LogP contribution is 2.24. The molecule has 0 spiro atoms. The number of hydrogen-bond donors (Lipinski definition) is 1. The molecule has 1 aromatic heterocycles. The first-order chi connectivity index (χ1) is 11.6. The number of nitrogens with zero attached hydrogens (tertiary/aromatic N) is 2. The zero-order valence-electron chi connectivity index (χ0n) is 12.7. The van der Waals surface area contributed by atoms with Crippen molar-refractivity contribution >= 4 is 34.5 Å². The van der Waals surface area contributed by atoms with Crippen molar-refractivity contribution in [1.29, 1.82) is 5.26 Å². The number of aromatic nitrogens is 1. The molecule has 0 radical (unpaired) electrons. The minimum atomic E-state index is -0.730. The van der Waals surface area contributed by atoms with E-state index < -0.39 is 5.91 Å². The average molecular weight is 336 g/mol. The van der Waals surface area contributed by atoms with Crippen molar-refractivity contribution in [3.8, 4) is 6.07 Å². The van der Waals surface area contributed by atoms with E-state index in [2.05, 4.69) is 4.57 Å². The highest BCUT2D eigenvalue weighted by molar-refractivity contribution is 6.30. The van der Waals surface area contributed by atoms with Gasteiger partial charge in [-0.2, -0.15) is 5.26 Å². The van der Waals surface area contributed by atoms with Gasteiger partial charge in [-0.3, -0.25) is 4.79 Å². The van der Waals surface area contributed by atoms with Crippen LogP contribution < -0.4 is 5.73 Å². The van der Waals surface area contributed by atoms with E-state index in [-0.39, 0.29) is 5.57 Å². The zero-order chi connectivity index (χ0) is 17.1. The van der Waals surface area contributed by atoms with E-state index in [1.807, 2.05) is 60.8 Å². The highest BCUT2D eigenvalue weighted by atomic mass is 35.5. The first kappa shape index (κ1) is 15.9. The fourth-order valence-corrected chi connectivity index (χ4v) is 2.75. The molecule has 0 saturated heterocycles. The molecule has 2 N–H and O–H groups in total. The lowest BCUT2D eigenvalue weighted by atomic mass is 10.1. The van der Waals surface area contributed by atoms with Crippen LogP contribution in [0.1, 0.15) is 11.1 Å². The van der Waals surface area contributed by atoms with E-state index in [0.717, 1.165) is 22.0 Å². The Hall–Kier alpha value is -3.03. The van der Waals surface area contributed by atoms with Crippen molar-refractivity contribution in [2.24, 2.45) is 5.73 Å².